The van der Waals surface area contributed by atoms with Crippen LogP contribution in [-0.2, 0) is 0 Å². The van der Waals surface area contributed by atoms with Crippen molar-refractivity contribution in [3.8, 4) is 0 Å². The van der Waals surface area contributed by atoms with E-state index in [4.69, 9.17) is 0 Å². The third kappa shape index (κ3) is 3.91. The molecule has 0 aromatic carbocycles. The van der Waals surface area contributed by atoms with Crippen molar-refractivity contribution >= 4 is 24.8 Å². The highest BCUT2D eigenvalue weighted by Crippen LogP contribution is 2.18. The van der Waals surface area contributed by atoms with E-state index in [9.17, 15) is 0 Å². The fourth-order valence-electron chi connectivity index (χ4n) is 1.92. The van der Waals surface area contributed by atoms with Gasteiger partial charge in [-0.05, 0) is 24.6 Å². The highest BCUT2D eigenvalue weighted by atomic mass is 35.5. The lowest BCUT2D eigenvalue weighted by Gasteiger charge is -2.32. The molecule has 0 saturated carbocycles. The summed E-state index contributed by atoms with van der Waals surface area (Å²) in [6.45, 7) is 6.76. The van der Waals surface area contributed by atoms with Gasteiger partial charge >= 0.3 is 0 Å². The summed E-state index contributed by atoms with van der Waals surface area (Å²) < 4.78 is 0. The lowest BCUT2D eigenvalue weighted by atomic mass is 10.1. The molecule has 1 atom stereocenters. The van der Waals surface area contributed by atoms with Crippen LogP contribution >= 0.6 is 24.8 Å². The molecular weight excluding hydrogens is 245 g/mol. The normalized spacial score (nSPS) is 18.1. The smallest absolute Gasteiger partial charge is 0.0322 e. The van der Waals surface area contributed by atoms with Gasteiger partial charge in [0.25, 0.3) is 0 Å². The monoisotopic (exact) mass is 263 g/mol. The molecule has 0 radical (unpaired) electrons. The third-order valence-electron chi connectivity index (χ3n) is 2.89. The van der Waals surface area contributed by atoms with Crippen molar-refractivity contribution in [1.29, 1.82) is 0 Å². The van der Waals surface area contributed by atoms with Crippen LogP contribution in [0.15, 0.2) is 24.5 Å². The van der Waals surface area contributed by atoms with E-state index in [1.54, 1.807) is 0 Å². The van der Waals surface area contributed by atoms with Gasteiger partial charge in [-0.2, -0.15) is 0 Å². The van der Waals surface area contributed by atoms with Crippen LogP contribution in [0, 0.1) is 0 Å². The SMILES string of the molecule is C[C@@H](c1ccncc1)N1CCNCC1.Cl.Cl. The molecule has 1 aliphatic heterocycles. The molecule has 0 bridgehead atoms. The summed E-state index contributed by atoms with van der Waals surface area (Å²) in [6, 6.07) is 4.72. The van der Waals surface area contributed by atoms with Gasteiger partial charge in [-0.15, -0.1) is 24.8 Å². The lowest BCUT2D eigenvalue weighted by Crippen LogP contribution is -2.44. The molecule has 16 heavy (non-hydrogen) atoms. The zero-order valence-corrected chi connectivity index (χ0v) is 11.1. The second-order valence-corrected chi connectivity index (χ2v) is 3.74. The minimum Gasteiger partial charge on any atom is -0.314 e. The molecule has 0 amide bonds. The Labute approximate surface area is 109 Å². The Morgan fingerprint density at radius 1 is 1.19 bits per heavy atom. The summed E-state index contributed by atoms with van der Waals surface area (Å²) in [5.74, 6) is 0. The van der Waals surface area contributed by atoms with E-state index < -0.39 is 0 Å². The number of aromatic nitrogens is 1. The summed E-state index contributed by atoms with van der Waals surface area (Å²) in [7, 11) is 0. The van der Waals surface area contributed by atoms with E-state index in [1.165, 1.54) is 5.56 Å². The Balaban J connectivity index is 0.00000112. The quantitative estimate of drug-likeness (QED) is 0.884. The molecule has 1 aliphatic rings. The topological polar surface area (TPSA) is 28.2 Å². The highest BCUT2D eigenvalue weighted by molar-refractivity contribution is 5.85. The first-order chi connectivity index (χ1) is 6.88. The van der Waals surface area contributed by atoms with Crippen LogP contribution in [0.4, 0.5) is 0 Å². The maximum absolute atomic E-state index is 4.04. The van der Waals surface area contributed by atoms with Gasteiger partial charge in [0.15, 0.2) is 0 Å². The second-order valence-electron chi connectivity index (χ2n) is 3.74. The Morgan fingerprint density at radius 3 is 2.31 bits per heavy atom. The maximum Gasteiger partial charge on any atom is 0.0322 e. The van der Waals surface area contributed by atoms with Gasteiger partial charge in [0.05, 0.1) is 0 Å². The zero-order chi connectivity index (χ0) is 9.80. The van der Waals surface area contributed by atoms with Crippen LogP contribution in [0.2, 0.25) is 0 Å². The summed E-state index contributed by atoms with van der Waals surface area (Å²) >= 11 is 0. The van der Waals surface area contributed by atoms with E-state index in [0.29, 0.717) is 6.04 Å². The molecule has 1 aromatic heterocycles. The van der Waals surface area contributed by atoms with Crippen LogP contribution in [0.3, 0.4) is 0 Å². The van der Waals surface area contributed by atoms with Crippen molar-refractivity contribution < 1.29 is 0 Å². The van der Waals surface area contributed by atoms with E-state index in [1.807, 2.05) is 12.4 Å². The molecule has 0 spiro atoms. The average molecular weight is 264 g/mol. The average Bonchev–Trinajstić information content (AvgIpc) is 2.30. The van der Waals surface area contributed by atoms with E-state index in [-0.39, 0.29) is 24.8 Å². The van der Waals surface area contributed by atoms with E-state index in [0.717, 1.165) is 26.2 Å². The van der Waals surface area contributed by atoms with Gasteiger partial charge in [0.1, 0.15) is 0 Å². The van der Waals surface area contributed by atoms with Crippen LogP contribution < -0.4 is 5.32 Å². The number of pyridine rings is 1. The van der Waals surface area contributed by atoms with Gasteiger partial charge in [-0.1, -0.05) is 0 Å². The third-order valence-corrected chi connectivity index (χ3v) is 2.89. The number of piperazine rings is 1. The van der Waals surface area contributed by atoms with Gasteiger partial charge in [-0.3, -0.25) is 9.88 Å². The summed E-state index contributed by atoms with van der Waals surface area (Å²) in [5, 5.41) is 3.37. The molecule has 1 fully saturated rings. The zero-order valence-electron chi connectivity index (χ0n) is 9.43. The maximum atomic E-state index is 4.04. The summed E-state index contributed by atoms with van der Waals surface area (Å²) in [6.07, 6.45) is 3.74. The minimum absolute atomic E-state index is 0. The fourth-order valence-corrected chi connectivity index (χ4v) is 1.92. The van der Waals surface area contributed by atoms with Crippen molar-refractivity contribution in [1.82, 2.24) is 15.2 Å². The Bertz CT molecular complexity index is 276. The molecule has 1 N–H and O–H groups in total. The Hall–Kier alpha value is -0.350. The van der Waals surface area contributed by atoms with Gasteiger partial charge in [0, 0.05) is 44.6 Å². The van der Waals surface area contributed by atoms with E-state index in [2.05, 4.69) is 34.3 Å². The lowest BCUT2D eigenvalue weighted by molar-refractivity contribution is 0.185. The highest BCUT2D eigenvalue weighted by Gasteiger charge is 2.17. The minimum atomic E-state index is 0. The molecule has 0 aliphatic carbocycles. The molecule has 1 saturated heterocycles. The first-order valence-electron chi connectivity index (χ1n) is 5.22. The number of nitrogens with zero attached hydrogens (tertiary/aromatic N) is 2. The number of hydrogen-bond donors (Lipinski definition) is 1. The predicted molar refractivity (Wildman–Crippen MR) is 71.6 cm³/mol. The molecule has 0 unspecified atom stereocenters. The number of halogens is 2. The molecule has 1 aromatic rings. The number of hydrogen-bond acceptors (Lipinski definition) is 3. The van der Waals surface area contributed by atoms with Crippen molar-refractivity contribution in [2.24, 2.45) is 0 Å². The number of nitrogens with one attached hydrogen (secondary N) is 1. The fraction of sp³-hybridized carbons (Fsp3) is 0.545. The molecular formula is C11H19Cl2N3. The molecule has 2 rings (SSSR count). The van der Waals surface area contributed by atoms with Crippen LogP contribution in [0.25, 0.3) is 0 Å². The number of rotatable bonds is 2. The van der Waals surface area contributed by atoms with Crippen LogP contribution in [0.1, 0.15) is 18.5 Å². The van der Waals surface area contributed by atoms with Crippen molar-refractivity contribution in [2.45, 2.75) is 13.0 Å². The van der Waals surface area contributed by atoms with Gasteiger partial charge < -0.3 is 5.32 Å². The van der Waals surface area contributed by atoms with Crippen LogP contribution in [0.5, 0.6) is 0 Å². The molecule has 92 valence electrons. The largest absolute Gasteiger partial charge is 0.314 e. The second kappa shape index (κ2) is 7.85. The summed E-state index contributed by atoms with van der Waals surface area (Å²) in [5.41, 5.74) is 1.36. The Kier molecular flexibility index (Phi) is 7.68. The van der Waals surface area contributed by atoms with Crippen molar-refractivity contribution in [3.05, 3.63) is 30.1 Å². The predicted octanol–water partition coefficient (Wildman–Crippen LogP) is 1.89. The van der Waals surface area contributed by atoms with Crippen molar-refractivity contribution in [2.75, 3.05) is 26.2 Å². The summed E-state index contributed by atoms with van der Waals surface area (Å²) in [4.78, 5) is 6.55. The van der Waals surface area contributed by atoms with E-state index >= 15 is 0 Å². The Morgan fingerprint density at radius 2 is 1.75 bits per heavy atom. The standard InChI is InChI=1S/C11H17N3.2ClH/c1-10(11-2-4-12-5-3-11)14-8-6-13-7-9-14;;/h2-5,10,13H,6-9H2,1H3;2*1H/t10-;;/m0../s1. The van der Waals surface area contributed by atoms with Gasteiger partial charge in [0.2, 0.25) is 0 Å². The molecule has 2 heterocycles. The van der Waals surface area contributed by atoms with Crippen molar-refractivity contribution in [3.63, 3.8) is 0 Å². The first-order valence-corrected chi connectivity index (χ1v) is 5.22. The molecule has 3 nitrogen and oxygen atoms in total. The first kappa shape index (κ1) is 15.7. The molecule has 5 heteroatoms. The van der Waals surface area contributed by atoms with Gasteiger partial charge in [-0.25, -0.2) is 0 Å². The van der Waals surface area contributed by atoms with Crippen LogP contribution in [-0.4, -0.2) is 36.1 Å².